The van der Waals surface area contributed by atoms with Gasteiger partial charge < -0.3 is 4.42 Å². The number of benzene rings is 3. The smallest absolute Gasteiger partial charge is 0.149 e. The summed E-state index contributed by atoms with van der Waals surface area (Å²) in [4.78, 5) is 4.49. The molecule has 0 aliphatic carbocycles. The fourth-order valence-electron chi connectivity index (χ4n) is 4.22. The molecule has 2 nitrogen and oxygen atoms in total. The molecule has 3 aromatic carbocycles. The maximum atomic E-state index is 14.7. The summed E-state index contributed by atoms with van der Waals surface area (Å²) in [6.45, 7) is 6.41. The van der Waals surface area contributed by atoms with Crippen LogP contribution < -0.4 is 0 Å². The van der Waals surface area contributed by atoms with Gasteiger partial charge in [0.15, 0.2) is 0 Å². The number of fused-ring (bicyclic) bond motifs is 4. The third-order valence-electron chi connectivity index (χ3n) is 5.42. The standard InChI is InChI=1S/C26H22FNO/c1-15(2)10-17-8-9-19-20(13-17)23(27)14-28-25(19)22-12-16(3)11-21-18-6-4-5-7-24(18)29-26(21)22/h4-9,11-15H,10H2,1-3H3. The number of aromatic nitrogens is 1. The van der Waals surface area contributed by atoms with Crippen LogP contribution in [0.3, 0.4) is 0 Å². The van der Waals surface area contributed by atoms with Crippen LogP contribution in [0.2, 0.25) is 0 Å². The molecule has 0 amide bonds. The van der Waals surface area contributed by atoms with Gasteiger partial charge >= 0.3 is 0 Å². The largest absolute Gasteiger partial charge is 0.455 e. The van der Waals surface area contributed by atoms with Crippen molar-refractivity contribution in [2.45, 2.75) is 27.2 Å². The molecule has 0 bridgehead atoms. The Bertz CT molecular complexity index is 1380. The SMILES string of the molecule is Cc1cc(-c2ncc(F)c3cc(CC(C)C)ccc23)c2oc3ccccc3c2c1. The minimum atomic E-state index is -0.289. The topological polar surface area (TPSA) is 26.0 Å². The first-order chi connectivity index (χ1) is 14.0. The van der Waals surface area contributed by atoms with Crippen molar-refractivity contribution in [2.24, 2.45) is 5.92 Å². The van der Waals surface area contributed by atoms with Crippen molar-refractivity contribution in [3.63, 3.8) is 0 Å². The van der Waals surface area contributed by atoms with Crippen LogP contribution in [-0.4, -0.2) is 4.98 Å². The van der Waals surface area contributed by atoms with Crippen LogP contribution in [0.15, 0.2) is 65.2 Å². The second kappa shape index (κ2) is 6.70. The van der Waals surface area contributed by atoms with E-state index in [2.05, 4.69) is 50.0 Å². The summed E-state index contributed by atoms with van der Waals surface area (Å²) < 4.78 is 20.9. The van der Waals surface area contributed by atoms with E-state index in [0.717, 1.165) is 56.1 Å². The van der Waals surface area contributed by atoms with Crippen molar-refractivity contribution in [1.29, 1.82) is 0 Å². The Morgan fingerprint density at radius 3 is 2.59 bits per heavy atom. The summed E-state index contributed by atoms with van der Waals surface area (Å²) >= 11 is 0. The monoisotopic (exact) mass is 383 g/mol. The molecule has 0 unspecified atom stereocenters. The van der Waals surface area contributed by atoms with Gasteiger partial charge in [0.25, 0.3) is 0 Å². The first-order valence-corrected chi connectivity index (χ1v) is 10.0. The Kier molecular flexibility index (Phi) is 4.13. The zero-order chi connectivity index (χ0) is 20.1. The van der Waals surface area contributed by atoms with Crippen LogP contribution >= 0.6 is 0 Å². The Hall–Kier alpha value is -3.20. The van der Waals surface area contributed by atoms with Crippen LogP contribution in [0.4, 0.5) is 4.39 Å². The van der Waals surface area contributed by atoms with Crippen molar-refractivity contribution in [2.75, 3.05) is 0 Å². The van der Waals surface area contributed by atoms with Gasteiger partial charge in [-0.2, -0.15) is 0 Å². The molecule has 0 saturated carbocycles. The van der Waals surface area contributed by atoms with Gasteiger partial charge in [-0.3, -0.25) is 4.98 Å². The number of hydrogen-bond acceptors (Lipinski definition) is 2. The van der Waals surface area contributed by atoms with Crippen LogP contribution in [0.5, 0.6) is 0 Å². The molecule has 2 heterocycles. The number of aryl methyl sites for hydroxylation is 1. The second-order valence-electron chi connectivity index (χ2n) is 8.22. The summed E-state index contributed by atoms with van der Waals surface area (Å²) in [5.41, 5.74) is 5.56. The van der Waals surface area contributed by atoms with Gasteiger partial charge in [-0.25, -0.2) is 4.39 Å². The fourth-order valence-corrected chi connectivity index (χ4v) is 4.22. The molecule has 29 heavy (non-hydrogen) atoms. The lowest BCUT2D eigenvalue weighted by Crippen LogP contribution is -1.96. The summed E-state index contributed by atoms with van der Waals surface area (Å²) in [5, 5.41) is 3.56. The molecular formula is C26H22FNO. The molecule has 5 aromatic rings. The summed E-state index contributed by atoms with van der Waals surface area (Å²) in [6, 6.07) is 18.3. The van der Waals surface area contributed by atoms with Gasteiger partial charge in [0.2, 0.25) is 0 Å². The van der Waals surface area contributed by atoms with E-state index in [1.54, 1.807) is 0 Å². The average molecular weight is 383 g/mol. The number of rotatable bonds is 3. The van der Waals surface area contributed by atoms with E-state index >= 15 is 0 Å². The molecule has 0 radical (unpaired) electrons. The van der Waals surface area contributed by atoms with Gasteiger partial charge in [0, 0.05) is 27.1 Å². The normalized spacial score (nSPS) is 11.9. The quantitative estimate of drug-likeness (QED) is 0.323. The molecule has 0 N–H and O–H groups in total. The molecule has 0 spiro atoms. The van der Waals surface area contributed by atoms with E-state index in [1.807, 2.05) is 30.3 Å². The molecule has 3 heteroatoms. The highest BCUT2D eigenvalue weighted by molar-refractivity contribution is 6.11. The van der Waals surface area contributed by atoms with Crippen LogP contribution in [0, 0.1) is 18.7 Å². The molecule has 2 aromatic heterocycles. The highest BCUT2D eigenvalue weighted by atomic mass is 19.1. The average Bonchev–Trinajstić information content (AvgIpc) is 3.06. The maximum Gasteiger partial charge on any atom is 0.149 e. The number of furan rings is 1. The second-order valence-corrected chi connectivity index (χ2v) is 8.22. The van der Waals surface area contributed by atoms with Crippen molar-refractivity contribution in [3.05, 3.63) is 77.7 Å². The minimum Gasteiger partial charge on any atom is -0.455 e. The first kappa shape index (κ1) is 17.9. The van der Waals surface area contributed by atoms with E-state index in [-0.39, 0.29) is 5.82 Å². The first-order valence-electron chi connectivity index (χ1n) is 10.0. The maximum absolute atomic E-state index is 14.7. The minimum absolute atomic E-state index is 0.289. The van der Waals surface area contributed by atoms with E-state index in [0.29, 0.717) is 11.3 Å². The van der Waals surface area contributed by atoms with Gasteiger partial charge in [-0.1, -0.05) is 44.2 Å². The number of halogens is 1. The fraction of sp³-hybridized carbons (Fsp3) is 0.192. The van der Waals surface area contributed by atoms with Crippen molar-refractivity contribution in [3.8, 4) is 11.3 Å². The van der Waals surface area contributed by atoms with Gasteiger partial charge in [-0.05, 0) is 54.7 Å². The molecule has 144 valence electrons. The molecule has 0 atom stereocenters. The Morgan fingerprint density at radius 2 is 1.76 bits per heavy atom. The van der Waals surface area contributed by atoms with Crippen molar-refractivity contribution < 1.29 is 8.81 Å². The van der Waals surface area contributed by atoms with E-state index in [9.17, 15) is 4.39 Å². The third-order valence-corrected chi connectivity index (χ3v) is 5.42. The Balaban J connectivity index is 1.82. The van der Waals surface area contributed by atoms with Crippen LogP contribution in [0.25, 0.3) is 44.0 Å². The number of pyridine rings is 1. The van der Waals surface area contributed by atoms with Gasteiger partial charge in [-0.15, -0.1) is 0 Å². The lowest BCUT2D eigenvalue weighted by atomic mass is 9.96. The van der Waals surface area contributed by atoms with Crippen molar-refractivity contribution >= 4 is 32.7 Å². The number of hydrogen-bond donors (Lipinski definition) is 0. The highest BCUT2D eigenvalue weighted by Gasteiger charge is 2.17. The van der Waals surface area contributed by atoms with E-state index < -0.39 is 0 Å². The van der Waals surface area contributed by atoms with E-state index in [4.69, 9.17) is 4.42 Å². The Labute approximate surface area is 169 Å². The molecule has 5 rings (SSSR count). The van der Waals surface area contributed by atoms with Crippen LogP contribution in [-0.2, 0) is 6.42 Å². The van der Waals surface area contributed by atoms with Crippen LogP contribution in [0.1, 0.15) is 25.0 Å². The zero-order valence-corrected chi connectivity index (χ0v) is 16.8. The molecular weight excluding hydrogens is 361 g/mol. The van der Waals surface area contributed by atoms with Gasteiger partial charge in [0.05, 0.1) is 11.9 Å². The zero-order valence-electron chi connectivity index (χ0n) is 16.8. The summed E-state index contributed by atoms with van der Waals surface area (Å²) in [5.74, 6) is 0.228. The third kappa shape index (κ3) is 2.98. The predicted octanol–water partition coefficient (Wildman–Crippen LogP) is 7.45. The molecule has 0 fully saturated rings. The molecule has 0 saturated heterocycles. The summed E-state index contributed by atoms with van der Waals surface area (Å²) in [6.07, 6.45) is 2.25. The van der Waals surface area contributed by atoms with Gasteiger partial charge in [0.1, 0.15) is 17.0 Å². The lowest BCUT2D eigenvalue weighted by molar-refractivity contribution is 0.632. The lowest BCUT2D eigenvalue weighted by Gasteiger charge is -2.11. The van der Waals surface area contributed by atoms with Crippen molar-refractivity contribution in [1.82, 2.24) is 4.98 Å². The summed E-state index contributed by atoms with van der Waals surface area (Å²) in [7, 11) is 0. The predicted molar refractivity (Wildman–Crippen MR) is 118 cm³/mol. The number of para-hydroxylation sites is 1. The van der Waals surface area contributed by atoms with E-state index in [1.165, 1.54) is 6.20 Å². The molecule has 0 aliphatic rings. The Morgan fingerprint density at radius 1 is 0.931 bits per heavy atom. The highest BCUT2D eigenvalue weighted by Crippen LogP contribution is 2.39. The molecule has 0 aliphatic heterocycles. The number of nitrogens with zero attached hydrogens (tertiary/aromatic N) is 1.